The van der Waals surface area contributed by atoms with Crippen molar-refractivity contribution in [2.75, 3.05) is 13.2 Å². The average molecular weight is 299 g/mol. The van der Waals surface area contributed by atoms with Gasteiger partial charge in [-0.1, -0.05) is 60.7 Å². The summed E-state index contributed by atoms with van der Waals surface area (Å²) in [5.74, 6) is 0.994. The van der Waals surface area contributed by atoms with Crippen LogP contribution in [0.4, 0.5) is 0 Å². The number of allylic oxidation sites excluding steroid dienone is 1. The van der Waals surface area contributed by atoms with Gasteiger partial charge < -0.3 is 4.74 Å². The third-order valence-electron chi connectivity index (χ3n) is 6.04. The lowest BCUT2D eigenvalue weighted by molar-refractivity contribution is 0.146. The van der Waals surface area contributed by atoms with Crippen molar-refractivity contribution in [3.63, 3.8) is 0 Å². The van der Waals surface area contributed by atoms with Crippen molar-refractivity contribution in [1.29, 1.82) is 5.26 Å². The molecule has 2 heteroatoms. The zero-order valence-corrected chi connectivity index (χ0v) is 12.8. The van der Waals surface area contributed by atoms with Crippen LogP contribution in [0.1, 0.15) is 28.5 Å². The Kier molecular flexibility index (Phi) is 2.60. The predicted octanol–water partition coefficient (Wildman–Crippen LogP) is 4.01. The summed E-state index contributed by atoms with van der Waals surface area (Å²) in [5.41, 5.74) is 4.94. The quantitative estimate of drug-likeness (QED) is 0.797. The number of ether oxygens (including phenoxy) is 1. The van der Waals surface area contributed by atoms with E-state index in [1.807, 2.05) is 0 Å². The second-order valence-corrected chi connectivity index (χ2v) is 6.85. The second kappa shape index (κ2) is 4.57. The van der Waals surface area contributed by atoms with E-state index in [1.165, 1.54) is 16.7 Å². The minimum absolute atomic E-state index is 0.108. The number of hydrogen-bond donors (Lipinski definition) is 0. The van der Waals surface area contributed by atoms with Gasteiger partial charge in [0.1, 0.15) is 0 Å². The minimum Gasteiger partial charge on any atom is -0.380 e. The van der Waals surface area contributed by atoms with E-state index in [0.29, 0.717) is 24.4 Å². The van der Waals surface area contributed by atoms with Gasteiger partial charge in [-0.25, -0.2) is 0 Å². The highest BCUT2D eigenvalue weighted by Gasteiger charge is 2.62. The van der Waals surface area contributed by atoms with Gasteiger partial charge >= 0.3 is 0 Å². The summed E-state index contributed by atoms with van der Waals surface area (Å²) in [7, 11) is 0. The first kappa shape index (κ1) is 13.1. The van der Waals surface area contributed by atoms with Gasteiger partial charge in [-0.3, -0.25) is 0 Å². The summed E-state index contributed by atoms with van der Waals surface area (Å²) < 4.78 is 5.94. The van der Waals surface area contributed by atoms with Gasteiger partial charge in [-0.15, -0.1) is 0 Å². The van der Waals surface area contributed by atoms with E-state index in [9.17, 15) is 5.26 Å². The van der Waals surface area contributed by atoms with Gasteiger partial charge in [-0.05, 0) is 16.7 Å². The van der Waals surface area contributed by atoms with Crippen LogP contribution in [0.15, 0.2) is 66.2 Å². The largest absolute Gasteiger partial charge is 0.380 e. The van der Waals surface area contributed by atoms with Crippen molar-refractivity contribution >= 4 is 0 Å². The molecule has 0 bridgehead atoms. The van der Waals surface area contributed by atoms with Crippen LogP contribution in [-0.2, 0) is 4.74 Å². The van der Waals surface area contributed by atoms with Crippen LogP contribution >= 0.6 is 0 Å². The summed E-state index contributed by atoms with van der Waals surface area (Å²) in [6, 6.07) is 21.9. The lowest BCUT2D eigenvalue weighted by atomic mass is 9.47. The molecular weight excluding hydrogens is 282 g/mol. The van der Waals surface area contributed by atoms with Crippen LogP contribution in [0.5, 0.6) is 0 Å². The standard InChI is InChI=1S/C21H17NO/c22-11-15-10-18-16-8-4-5-9-17(16)20(14-6-2-1-3-7-14)19-12-23-13-21(15,18)19/h1-10,18-20H,12-13H2/t18-,19+,20-,21-/m0/s1. The molecule has 23 heavy (non-hydrogen) atoms. The Morgan fingerprint density at radius 3 is 2.52 bits per heavy atom. The predicted molar refractivity (Wildman–Crippen MR) is 87.9 cm³/mol. The molecule has 0 N–H and O–H groups in total. The molecule has 2 aliphatic carbocycles. The lowest BCUT2D eigenvalue weighted by Gasteiger charge is -2.53. The highest BCUT2D eigenvalue weighted by Crippen LogP contribution is 2.67. The molecular formula is C21H17NO. The summed E-state index contributed by atoms with van der Waals surface area (Å²) in [6.45, 7) is 1.42. The Morgan fingerprint density at radius 2 is 1.74 bits per heavy atom. The van der Waals surface area contributed by atoms with Gasteiger partial charge in [0.05, 0.1) is 19.3 Å². The Morgan fingerprint density at radius 1 is 1.00 bits per heavy atom. The Balaban J connectivity index is 1.77. The molecule has 0 saturated carbocycles. The van der Waals surface area contributed by atoms with Crippen LogP contribution < -0.4 is 0 Å². The molecule has 0 radical (unpaired) electrons. The van der Waals surface area contributed by atoms with E-state index in [0.717, 1.165) is 12.2 Å². The maximum atomic E-state index is 9.60. The summed E-state index contributed by atoms with van der Waals surface area (Å²) in [4.78, 5) is 0. The van der Waals surface area contributed by atoms with Crippen molar-refractivity contribution < 1.29 is 4.74 Å². The highest BCUT2D eigenvalue weighted by atomic mass is 16.5. The van der Waals surface area contributed by atoms with Crippen LogP contribution in [0.2, 0.25) is 0 Å². The molecule has 4 atom stereocenters. The third-order valence-corrected chi connectivity index (χ3v) is 6.04. The molecule has 5 rings (SSSR count). The molecule has 0 amide bonds. The average Bonchev–Trinajstić information content (AvgIpc) is 3.04. The molecule has 3 aliphatic rings. The first-order valence-corrected chi connectivity index (χ1v) is 8.20. The van der Waals surface area contributed by atoms with E-state index in [4.69, 9.17) is 4.74 Å². The maximum Gasteiger partial charge on any atom is 0.0951 e. The topological polar surface area (TPSA) is 33.0 Å². The van der Waals surface area contributed by atoms with Crippen molar-refractivity contribution in [3.8, 4) is 6.07 Å². The van der Waals surface area contributed by atoms with Crippen LogP contribution in [0.25, 0.3) is 0 Å². The van der Waals surface area contributed by atoms with Crippen LogP contribution in [-0.4, -0.2) is 13.2 Å². The van der Waals surface area contributed by atoms with Gasteiger partial charge in [0.25, 0.3) is 0 Å². The number of benzene rings is 2. The fourth-order valence-corrected chi connectivity index (χ4v) is 5.02. The third kappa shape index (κ3) is 1.51. The maximum absolute atomic E-state index is 9.60. The summed E-state index contributed by atoms with van der Waals surface area (Å²) >= 11 is 0. The van der Waals surface area contributed by atoms with E-state index in [2.05, 4.69) is 66.7 Å². The number of nitriles is 1. The Hall–Kier alpha value is -2.37. The van der Waals surface area contributed by atoms with E-state index in [-0.39, 0.29) is 5.41 Å². The zero-order chi connectivity index (χ0) is 15.4. The molecule has 112 valence electrons. The first-order chi connectivity index (χ1) is 11.4. The summed E-state index contributed by atoms with van der Waals surface area (Å²) in [6.07, 6.45) is 2.15. The molecule has 1 heterocycles. The lowest BCUT2D eigenvalue weighted by Crippen LogP contribution is -2.49. The summed E-state index contributed by atoms with van der Waals surface area (Å²) in [5, 5.41) is 9.60. The van der Waals surface area contributed by atoms with E-state index < -0.39 is 0 Å². The van der Waals surface area contributed by atoms with Crippen molar-refractivity contribution in [3.05, 3.63) is 82.9 Å². The van der Waals surface area contributed by atoms with Gasteiger partial charge in [0.2, 0.25) is 0 Å². The first-order valence-electron chi connectivity index (χ1n) is 8.20. The normalized spacial score (nSPS) is 33.5. The molecule has 1 spiro atoms. The zero-order valence-electron chi connectivity index (χ0n) is 12.8. The molecule has 0 aromatic heterocycles. The second-order valence-electron chi connectivity index (χ2n) is 6.85. The SMILES string of the molecule is N#CC1=C[C@H]2c3ccccc3[C@H](c3ccccc3)[C@H]3COC[C@@]132. The van der Waals surface area contributed by atoms with Crippen molar-refractivity contribution in [2.24, 2.45) is 11.3 Å². The number of hydrogen-bond acceptors (Lipinski definition) is 2. The number of rotatable bonds is 1. The van der Waals surface area contributed by atoms with Crippen LogP contribution in [0.3, 0.4) is 0 Å². The molecule has 2 aromatic rings. The molecule has 0 unspecified atom stereocenters. The monoisotopic (exact) mass is 299 g/mol. The van der Waals surface area contributed by atoms with Gasteiger partial charge in [0, 0.05) is 28.7 Å². The highest BCUT2D eigenvalue weighted by molar-refractivity contribution is 5.58. The number of fused-ring (bicyclic) bond motifs is 2. The Labute approximate surface area is 136 Å². The molecule has 1 aliphatic heterocycles. The smallest absolute Gasteiger partial charge is 0.0951 e. The van der Waals surface area contributed by atoms with E-state index >= 15 is 0 Å². The molecule has 1 fully saturated rings. The fraction of sp³-hybridized carbons (Fsp3) is 0.286. The van der Waals surface area contributed by atoms with Crippen molar-refractivity contribution in [1.82, 2.24) is 0 Å². The fourth-order valence-electron chi connectivity index (χ4n) is 5.02. The van der Waals surface area contributed by atoms with Gasteiger partial charge in [-0.2, -0.15) is 5.26 Å². The number of nitrogens with zero attached hydrogens (tertiary/aromatic N) is 1. The minimum atomic E-state index is -0.108. The van der Waals surface area contributed by atoms with E-state index in [1.54, 1.807) is 0 Å². The molecule has 2 aromatic carbocycles. The Bertz CT molecular complexity index is 848. The molecule has 1 saturated heterocycles. The van der Waals surface area contributed by atoms with Gasteiger partial charge in [0.15, 0.2) is 0 Å². The molecule has 2 nitrogen and oxygen atoms in total. The van der Waals surface area contributed by atoms with Crippen LogP contribution in [0, 0.1) is 22.7 Å². The van der Waals surface area contributed by atoms with Crippen molar-refractivity contribution in [2.45, 2.75) is 11.8 Å².